The zero-order valence-corrected chi connectivity index (χ0v) is 25.0. The van der Waals surface area contributed by atoms with Crippen LogP contribution in [0, 0.1) is 5.92 Å². The third-order valence-corrected chi connectivity index (χ3v) is 7.47. The lowest BCUT2D eigenvalue weighted by atomic mass is 10.1. The van der Waals surface area contributed by atoms with E-state index >= 15 is 0 Å². The number of benzene rings is 2. The summed E-state index contributed by atoms with van der Waals surface area (Å²) in [6.45, 7) is 10.8. The topological polar surface area (TPSA) is 107 Å². The van der Waals surface area contributed by atoms with Gasteiger partial charge in [0.05, 0.1) is 19.4 Å². The first-order valence-electron chi connectivity index (χ1n) is 14.9. The highest BCUT2D eigenvalue weighted by atomic mass is 16.6. The molecule has 0 bridgehead atoms. The molecule has 2 fully saturated rings. The van der Waals surface area contributed by atoms with Crippen molar-refractivity contribution in [3.63, 3.8) is 0 Å². The van der Waals surface area contributed by atoms with Crippen molar-refractivity contribution in [3.8, 4) is 0 Å². The van der Waals surface area contributed by atoms with Gasteiger partial charge < -0.3 is 29.9 Å². The minimum atomic E-state index is -0.522. The van der Waals surface area contributed by atoms with Crippen LogP contribution < -0.4 is 15.5 Å². The Morgan fingerprint density at radius 3 is 2.58 bits per heavy atom. The van der Waals surface area contributed by atoms with Gasteiger partial charge in [0.1, 0.15) is 5.60 Å². The summed E-state index contributed by atoms with van der Waals surface area (Å²) in [6.07, 6.45) is 4.42. The quantitative estimate of drug-likeness (QED) is 0.360. The van der Waals surface area contributed by atoms with Gasteiger partial charge in [0, 0.05) is 50.0 Å². The van der Waals surface area contributed by atoms with E-state index in [1.54, 1.807) is 11.2 Å². The molecular weight excluding hydrogens is 544 g/mol. The average molecular weight is 584 g/mol. The van der Waals surface area contributed by atoms with Gasteiger partial charge >= 0.3 is 17.9 Å². The first-order chi connectivity index (χ1) is 20.8. The summed E-state index contributed by atoms with van der Waals surface area (Å²) in [5.74, 6) is 1.95. The Morgan fingerprint density at radius 1 is 1.07 bits per heavy atom. The van der Waals surface area contributed by atoms with Crippen LogP contribution in [0.15, 0.2) is 59.6 Å². The number of fused-ring (bicyclic) bond motifs is 1. The Kier molecular flexibility index (Phi) is 8.24. The van der Waals surface area contributed by atoms with Gasteiger partial charge in [-0.15, -0.1) is 0 Å². The minimum absolute atomic E-state index is 0.143. The zero-order valence-electron chi connectivity index (χ0n) is 25.0. The Labute approximate surface area is 252 Å². The van der Waals surface area contributed by atoms with Crippen molar-refractivity contribution < 1.29 is 18.8 Å². The van der Waals surface area contributed by atoms with Crippen molar-refractivity contribution in [3.05, 3.63) is 60.2 Å². The molecule has 0 radical (unpaired) electrons. The van der Waals surface area contributed by atoms with Gasteiger partial charge in [0.2, 0.25) is 6.34 Å². The van der Waals surface area contributed by atoms with Crippen LogP contribution in [0.5, 0.6) is 0 Å². The predicted molar refractivity (Wildman–Crippen MR) is 169 cm³/mol. The van der Waals surface area contributed by atoms with Gasteiger partial charge in [-0.25, -0.2) is 9.37 Å². The standard InChI is InChI=1S/C32H39N8O3/c1-32(2,3)43-31(41)39-14-13-24(20-39)21-40-22-34-27-28(33-19-23-7-5-4-6-8-23)36-30(37-29(27)40)35-25-9-11-26(12-10-25)38-15-17-42-18-16-38/h4-12,21-22,24H,13-20H2,1-3H3,(H2,33,35,36,37)/q+1. The van der Waals surface area contributed by atoms with E-state index in [2.05, 4.69) is 51.0 Å². The molecule has 2 aromatic carbocycles. The summed E-state index contributed by atoms with van der Waals surface area (Å²) in [6, 6.07) is 18.5. The van der Waals surface area contributed by atoms with Gasteiger partial charge in [-0.05, 0) is 57.0 Å². The number of nitrogens with one attached hydrogen (secondary N) is 2. The van der Waals surface area contributed by atoms with E-state index in [9.17, 15) is 4.79 Å². The summed E-state index contributed by atoms with van der Waals surface area (Å²) in [4.78, 5) is 31.1. The van der Waals surface area contributed by atoms with Crippen LogP contribution in [-0.4, -0.2) is 83.1 Å². The van der Waals surface area contributed by atoms with Crippen LogP contribution in [0.3, 0.4) is 0 Å². The molecule has 0 spiro atoms. The van der Waals surface area contributed by atoms with E-state index < -0.39 is 5.60 Å². The summed E-state index contributed by atoms with van der Waals surface area (Å²) < 4.78 is 13.0. The van der Waals surface area contributed by atoms with E-state index in [4.69, 9.17) is 19.4 Å². The molecule has 11 heteroatoms. The smallest absolute Gasteiger partial charge is 0.410 e. The minimum Gasteiger partial charge on any atom is -0.444 e. The fourth-order valence-corrected chi connectivity index (χ4v) is 5.32. The first-order valence-corrected chi connectivity index (χ1v) is 14.9. The van der Waals surface area contributed by atoms with Crippen molar-refractivity contribution in [1.29, 1.82) is 0 Å². The summed E-state index contributed by atoms with van der Waals surface area (Å²) in [5, 5.41) is 6.85. The van der Waals surface area contributed by atoms with E-state index in [-0.39, 0.29) is 12.0 Å². The molecule has 1 aromatic heterocycles. The van der Waals surface area contributed by atoms with E-state index in [1.165, 1.54) is 5.69 Å². The molecule has 6 rings (SSSR count). The highest BCUT2D eigenvalue weighted by molar-refractivity contribution is 5.83. The van der Waals surface area contributed by atoms with Crippen molar-refractivity contribution >= 4 is 53.3 Å². The Bertz CT molecular complexity index is 1500. The monoisotopic (exact) mass is 583 g/mol. The number of nitrogens with zero attached hydrogens (tertiary/aromatic N) is 6. The molecule has 43 heavy (non-hydrogen) atoms. The molecule has 11 nitrogen and oxygen atoms in total. The molecule has 2 saturated heterocycles. The zero-order chi connectivity index (χ0) is 29.8. The number of likely N-dealkylation sites (tertiary alicyclic amines) is 1. The van der Waals surface area contributed by atoms with Gasteiger partial charge in [-0.3, -0.25) is 0 Å². The fourth-order valence-electron chi connectivity index (χ4n) is 5.32. The van der Waals surface area contributed by atoms with Gasteiger partial charge in [0.25, 0.3) is 5.69 Å². The number of amides is 1. The lowest BCUT2D eigenvalue weighted by molar-refractivity contribution is -0.291. The lowest BCUT2D eigenvalue weighted by Crippen LogP contribution is -2.36. The van der Waals surface area contributed by atoms with Crippen molar-refractivity contribution in [2.45, 2.75) is 39.3 Å². The number of hydrogen-bond acceptors (Lipinski definition) is 9. The lowest BCUT2D eigenvalue weighted by Gasteiger charge is -2.28. The molecular formula is C32H39N8O3+. The number of aliphatic imine (C=N–C) groups is 1. The maximum absolute atomic E-state index is 12.6. The number of hydrogen-bond donors (Lipinski definition) is 2. The molecule has 0 saturated carbocycles. The van der Waals surface area contributed by atoms with Crippen LogP contribution >= 0.6 is 0 Å². The number of ether oxygens (including phenoxy) is 2. The highest BCUT2D eigenvalue weighted by Gasteiger charge is 2.33. The van der Waals surface area contributed by atoms with Crippen LogP contribution in [-0.2, 0) is 16.0 Å². The number of aromatic nitrogens is 2. The van der Waals surface area contributed by atoms with Gasteiger partial charge in [-0.1, -0.05) is 40.3 Å². The highest BCUT2D eigenvalue weighted by Crippen LogP contribution is 2.38. The van der Waals surface area contributed by atoms with Crippen LogP contribution in [0.25, 0.3) is 0 Å². The average Bonchev–Trinajstić information content (AvgIpc) is 3.64. The second-order valence-electron chi connectivity index (χ2n) is 12.0. The van der Waals surface area contributed by atoms with Gasteiger partial charge in [-0.2, -0.15) is 4.98 Å². The maximum Gasteiger partial charge on any atom is 0.410 e. The van der Waals surface area contributed by atoms with E-state index in [0.717, 1.165) is 44.0 Å². The molecule has 224 valence electrons. The normalized spacial score (nSPS) is 19.0. The predicted octanol–water partition coefficient (Wildman–Crippen LogP) is 5.31. The second-order valence-corrected chi connectivity index (χ2v) is 12.0. The molecule has 1 unspecified atom stereocenters. The Morgan fingerprint density at radius 2 is 1.84 bits per heavy atom. The van der Waals surface area contributed by atoms with Crippen LogP contribution in [0.2, 0.25) is 0 Å². The number of carbonyl (C=O) groups is 1. The van der Waals surface area contributed by atoms with Crippen LogP contribution in [0.1, 0.15) is 32.8 Å². The number of carbonyl (C=O) groups excluding carboxylic acids is 1. The molecule has 3 aliphatic rings. The van der Waals surface area contributed by atoms with E-state index in [1.807, 2.05) is 55.7 Å². The molecule has 3 aromatic rings. The Balaban J connectivity index is 1.23. The fraction of sp³-hybridized carbons (Fsp3) is 0.406. The summed E-state index contributed by atoms with van der Waals surface area (Å²) in [7, 11) is 0. The Hall–Kier alpha value is -4.51. The maximum atomic E-state index is 12.6. The number of anilines is 4. The van der Waals surface area contributed by atoms with Crippen molar-refractivity contribution in [2.75, 3.05) is 54.9 Å². The van der Waals surface area contributed by atoms with Crippen molar-refractivity contribution in [1.82, 2.24) is 14.9 Å². The third-order valence-electron chi connectivity index (χ3n) is 7.47. The SMILES string of the molecule is CC(C)(C)OC(=O)N1CCC(C=[N+]2C=Nc3c(NCc4ccccc4)nc(Nc4ccc(N5CCOCC5)cc4)nc32)C1. The number of rotatable bonds is 7. The summed E-state index contributed by atoms with van der Waals surface area (Å²) in [5.41, 5.74) is 3.36. The second kappa shape index (κ2) is 12.4. The van der Waals surface area contributed by atoms with Crippen molar-refractivity contribution in [2.24, 2.45) is 10.9 Å². The third kappa shape index (κ3) is 7.11. The molecule has 1 atom stereocenters. The molecule has 0 aliphatic carbocycles. The molecule has 2 N–H and O–H groups in total. The van der Waals surface area contributed by atoms with Gasteiger partial charge in [0.15, 0.2) is 5.82 Å². The molecule has 1 amide bonds. The number of morpholine rings is 1. The molecule has 4 heterocycles. The van der Waals surface area contributed by atoms with Crippen LogP contribution in [0.4, 0.5) is 39.4 Å². The van der Waals surface area contributed by atoms with E-state index in [0.29, 0.717) is 42.9 Å². The first kappa shape index (κ1) is 28.6. The molecule has 3 aliphatic heterocycles. The largest absolute Gasteiger partial charge is 0.444 e. The summed E-state index contributed by atoms with van der Waals surface area (Å²) >= 11 is 0.